The van der Waals surface area contributed by atoms with Crippen molar-refractivity contribution in [3.8, 4) is 23.3 Å². The van der Waals surface area contributed by atoms with Crippen molar-refractivity contribution < 1.29 is 27.4 Å². The Bertz CT molecular complexity index is 1610. The molecule has 0 fully saturated rings. The van der Waals surface area contributed by atoms with Gasteiger partial charge < -0.3 is 14.2 Å². The molecule has 1 N–H and O–H groups in total. The number of amides is 1. The number of sulfone groups is 1. The molecule has 1 unspecified atom stereocenters. The Hall–Kier alpha value is -3.85. The van der Waals surface area contributed by atoms with Crippen LogP contribution in [0.3, 0.4) is 0 Å². The molecule has 0 aliphatic heterocycles. The third kappa shape index (κ3) is 5.67. The number of nitrogens with one attached hydrogen (secondary N) is 1. The van der Waals surface area contributed by atoms with E-state index in [9.17, 15) is 13.2 Å². The lowest BCUT2D eigenvalue weighted by atomic mass is 10.1. The van der Waals surface area contributed by atoms with Gasteiger partial charge in [-0.1, -0.05) is 42.0 Å². The highest BCUT2D eigenvalue weighted by Crippen LogP contribution is 2.37. The van der Waals surface area contributed by atoms with E-state index in [1.54, 1.807) is 19.1 Å². The number of aromatic nitrogens is 1. The second kappa shape index (κ2) is 11.3. The number of benzene rings is 3. The van der Waals surface area contributed by atoms with Gasteiger partial charge >= 0.3 is 0 Å². The standard InChI is InChI=1S/C26H22ClN3O6S2/c1-4-38(32,33)18-9-6-15(7-10-18)24(36-17-8-5-16(14-28)19(27)11-17)25(31)30-26-29-20-12-21(34-2)22(35-3)13-23(20)37-26/h5-13,24H,4H2,1-3H3,(H,29,30,31). The summed E-state index contributed by atoms with van der Waals surface area (Å²) in [6, 6.07) is 15.8. The Morgan fingerprint density at radius 3 is 2.39 bits per heavy atom. The van der Waals surface area contributed by atoms with E-state index in [2.05, 4.69) is 10.3 Å². The van der Waals surface area contributed by atoms with Crippen molar-refractivity contribution in [3.63, 3.8) is 0 Å². The van der Waals surface area contributed by atoms with E-state index in [1.165, 1.54) is 68.0 Å². The van der Waals surface area contributed by atoms with E-state index < -0.39 is 21.8 Å². The lowest BCUT2D eigenvalue weighted by molar-refractivity contribution is -0.123. The Balaban J connectivity index is 1.68. The Morgan fingerprint density at radius 2 is 1.79 bits per heavy atom. The minimum atomic E-state index is -3.43. The maximum absolute atomic E-state index is 13.5. The number of carbonyl (C=O) groups is 1. The van der Waals surface area contributed by atoms with Crippen molar-refractivity contribution in [2.45, 2.75) is 17.9 Å². The fourth-order valence-corrected chi connectivity index (χ4v) is 5.54. The first-order valence-electron chi connectivity index (χ1n) is 11.2. The summed E-state index contributed by atoms with van der Waals surface area (Å²) in [6.45, 7) is 1.56. The highest BCUT2D eigenvalue weighted by molar-refractivity contribution is 7.91. The van der Waals surface area contributed by atoms with Crippen LogP contribution < -0.4 is 19.5 Å². The lowest BCUT2D eigenvalue weighted by Gasteiger charge is -2.19. The zero-order valence-corrected chi connectivity index (χ0v) is 22.9. The summed E-state index contributed by atoms with van der Waals surface area (Å²) in [5.74, 6) is 0.684. The molecule has 9 nitrogen and oxygen atoms in total. The fraction of sp³-hybridized carbons (Fsp3) is 0.192. The van der Waals surface area contributed by atoms with Crippen LogP contribution in [0.4, 0.5) is 5.13 Å². The van der Waals surface area contributed by atoms with Crippen LogP contribution in [0, 0.1) is 11.3 Å². The zero-order valence-electron chi connectivity index (χ0n) is 20.5. The average molecular weight is 572 g/mol. The molecule has 0 saturated carbocycles. The molecule has 4 rings (SSSR count). The van der Waals surface area contributed by atoms with Crippen LogP contribution in [-0.2, 0) is 14.6 Å². The van der Waals surface area contributed by atoms with Crippen molar-refractivity contribution in [3.05, 3.63) is 70.7 Å². The maximum atomic E-state index is 13.5. The predicted molar refractivity (Wildman–Crippen MR) is 145 cm³/mol. The van der Waals surface area contributed by atoms with Crippen molar-refractivity contribution in [2.24, 2.45) is 0 Å². The molecule has 1 amide bonds. The second-order valence-corrected chi connectivity index (χ2v) is 11.6. The molecule has 12 heteroatoms. The van der Waals surface area contributed by atoms with Crippen LogP contribution in [0.5, 0.6) is 17.2 Å². The third-order valence-electron chi connectivity index (χ3n) is 5.60. The van der Waals surface area contributed by atoms with Gasteiger partial charge in [0, 0.05) is 23.8 Å². The van der Waals surface area contributed by atoms with Gasteiger partial charge in [-0.3, -0.25) is 10.1 Å². The van der Waals surface area contributed by atoms with Crippen LogP contribution >= 0.6 is 22.9 Å². The Morgan fingerprint density at radius 1 is 1.11 bits per heavy atom. The van der Waals surface area contributed by atoms with E-state index in [4.69, 9.17) is 31.1 Å². The van der Waals surface area contributed by atoms with Crippen LogP contribution in [0.1, 0.15) is 24.2 Å². The van der Waals surface area contributed by atoms with Crippen molar-refractivity contribution in [1.82, 2.24) is 4.98 Å². The molecular weight excluding hydrogens is 550 g/mol. The number of hydrogen-bond acceptors (Lipinski definition) is 9. The number of fused-ring (bicyclic) bond motifs is 1. The second-order valence-electron chi connectivity index (χ2n) is 7.91. The number of carbonyl (C=O) groups excluding carboxylic acids is 1. The minimum absolute atomic E-state index is 0.0519. The molecule has 0 aliphatic carbocycles. The predicted octanol–water partition coefficient (Wildman–Crippen LogP) is 5.39. The number of nitrogens with zero attached hydrogens (tertiary/aromatic N) is 2. The molecule has 3 aromatic carbocycles. The van der Waals surface area contributed by atoms with E-state index in [1.807, 2.05) is 6.07 Å². The highest BCUT2D eigenvalue weighted by atomic mass is 35.5. The van der Waals surface area contributed by atoms with Gasteiger partial charge in [0.25, 0.3) is 5.91 Å². The molecule has 0 spiro atoms. The normalized spacial score (nSPS) is 12.0. The smallest absolute Gasteiger partial charge is 0.271 e. The van der Waals surface area contributed by atoms with Gasteiger partial charge in [-0.05, 0) is 24.3 Å². The first-order valence-corrected chi connectivity index (χ1v) is 14.1. The zero-order chi connectivity index (χ0) is 27.4. The van der Waals surface area contributed by atoms with Crippen molar-refractivity contribution >= 4 is 54.0 Å². The molecule has 38 heavy (non-hydrogen) atoms. The van der Waals surface area contributed by atoms with Gasteiger partial charge in [-0.2, -0.15) is 5.26 Å². The number of halogens is 1. The number of thiazole rings is 1. The van der Waals surface area contributed by atoms with Gasteiger partial charge in [-0.15, -0.1) is 0 Å². The molecule has 1 atom stereocenters. The van der Waals surface area contributed by atoms with Crippen LogP contribution in [0.2, 0.25) is 5.02 Å². The molecule has 0 bridgehead atoms. The van der Waals surface area contributed by atoms with E-state index in [0.717, 1.165) is 4.70 Å². The van der Waals surface area contributed by atoms with E-state index >= 15 is 0 Å². The third-order valence-corrected chi connectivity index (χ3v) is 8.60. The lowest BCUT2D eigenvalue weighted by Crippen LogP contribution is -2.25. The largest absolute Gasteiger partial charge is 0.493 e. The molecule has 0 saturated heterocycles. The van der Waals surface area contributed by atoms with Crippen molar-refractivity contribution in [1.29, 1.82) is 5.26 Å². The number of rotatable bonds is 9. The van der Waals surface area contributed by atoms with Gasteiger partial charge in [0.2, 0.25) is 6.10 Å². The minimum Gasteiger partial charge on any atom is -0.493 e. The van der Waals surface area contributed by atoms with Crippen molar-refractivity contribution in [2.75, 3.05) is 25.3 Å². The molecule has 0 aliphatic rings. The monoisotopic (exact) mass is 571 g/mol. The average Bonchev–Trinajstić information content (AvgIpc) is 3.31. The van der Waals surface area contributed by atoms with Crippen LogP contribution in [0.25, 0.3) is 10.2 Å². The molecule has 4 aromatic rings. The Kier molecular flexibility index (Phi) is 8.06. The van der Waals surface area contributed by atoms with E-state index in [-0.39, 0.29) is 27.0 Å². The van der Waals surface area contributed by atoms with Gasteiger partial charge in [0.1, 0.15) is 11.8 Å². The highest BCUT2D eigenvalue weighted by Gasteiger charge is 2.26. The maximum Gasteiger partial charge on any atom is 0.271 e. The number of ether oxygens (including phenoxy) is 3. The molecule has 196 valence electrons. The number of nitriles is 1. The number of methoxy groups -OCH3 is 2. The van der Waals surface area contributed by atoms with Crippen LogP contribution in [-0.4, -0.2) is 39.3 Å². The Labute approximate surface area is 228 Å². The first-order chi connectivity index (χ1) is 18.2. The summed E-state index contributed by atoms with van der Waals surface area (Å²) >= 11 is 7.39. The van der Waals surface area contributed by atoms with Gasteiger partial charge in [0.05, 0.1) is 45.7 Å². The number of hydrogen-bond donors (Lipinski definition) is 1. The summed E-state index contributed by atoms with van der Waals surface area (Å²) in [6.07, 6.45) is -1.19. The summed E-state index contributed by atoms with van der Waals surface area (Å²) < 4.78 is 41.9. The summed E-state index contributed by atoms with van der Waals surface area (Å²) in [7, 11) is -0.376. The first kappa shape index (κ1) is 27.2. The topological polar surface area (TPSA) is 128 Å². The summed E-state index contributed by atoms with van der Waals surface area (Å²) in [5, 5.41) is 12.4. The summed E-state index contributed by atoms with van der Waals surface area (Å²) in [4.78, 5) is 18.1. The molecule has 1 aromatic heterocycles. The van der Waals surface area contributed by atoms with Crippen LogP contribution in [0.15, 0.2) is 59.5 Å². The molecular formula is C26H22ClN3O6S2. The summed E-state index contributed by atoms with van der Waals surface area (Å²) in [5.41, 5.74) is 1.27. The molecule has 1 heterocycles. The van der Waals surface area contributed by atoms with Gasteiger partial charge in [0.15, 0.2) is 26.5 Å². The molecule has 0 radical (unpaired) electrons. The quantitative estimate of drug-likeness (QED) is 0.283. The van der Waals surface area contributed by atoms with Gasteiger partial charge in [-0.25, -0.2) is 13.4 Å². The van der Waals surface area contributed by atoms with E-state index in [0.29, 0.717) is 27.7 Å². The SMILES string of the molecule is CCS(=O)(=O)c1ccc(C(Oc2ccc(C#N)c(Cl)c2)C(=O)Nc2nc3cc(OC)c(OC)cc3s2)cc1. The number of anilines is 1. The fourth-order valence-electron chi connectivity index (χ4n) is 3.56.